The standard InChI is InChI=1S/C18H17FN4O3S/c1-12(13-6-8-15(9-7-13)27(20,25)26)22-18(24)14-10-21-23(11-14)17-5-3-2-4-16(17)19/h2-12H,1H3,(H,22,24)(H2,20,25,26)/t12-/m0/s1. The Morgan fingerprint density at radius 2 is 1.85 bits per heavy atom. The van der Waals surface area contributed by atoms with E-state index in [2.05, 4.69) is 10.4 Å². The zero-order valence-corrected chi connectivity index (χ0v) is 15.2. The quantitative estimate of drug-likeness (QED) is 0.698. The molecule has 0 radical (unpaired) electrons. The van der Waals surface area contributed by atoms with Crippen LogP contribution in [0, 0.1) is 5.82 Å². The number of nitrogens with one attached hydrogen (secondary N) is 1. The van der Waals surface area contributed by atoms with Crippen LogP contribution in [0.2, 0.25) is 0 Å². The van der Waals surface area contributed by atoms with E-state index in [-0.39, 0.29) is 28.1 Å². The molecule has 2 aromatic carbocycles. The first kappa shape index (κ1) is 18.7. The molecule has 9 heteroatoms. The highest BCUT2D eigenvalue weighted by atomic mass is 32.2. The Balaban J connectivity index is 1.73. The maximum absolute atomic E-state index is 13.8. The van der Waals surface area contributed by atoms with Crippen LogP contribution >= 0.6 is 0 Å². The van der Waals surface area contributed by atoms with E-state index in [0.29, 0.717) is 5.56 Å². The molecular formula is C18H17FN4O3S. The van der Waals surface area contributed by atoms with Crippen molar-refractivity contribution in [1.29, 1.82) is 0 Å². The number of carbonyl (C=O) groups is 1. The predicted octanol–water partition coefficient (Wildman–Crippen LogP) is 2.15. The lowest BCUT2D eigenvalue weighted by Gasteiger charge is -2.14. The summed E-state index contributed by atoms with van der Waals surface area (Å²) < 4.78 is 37.7. The molecule has 7 nitrogen and oxygen atoms in total. The van der Waals surface area contributed by atoms with Gasteiger partial charge in [0, 0.05) is 6.20 Å². The first-order valence-electron chi connectivity index (χ1n) is 7.99. The second kappa shape index (κ2) is 7.29. The van der Waals surface area contributed by atoms with Crippen LogP contribution in [0.4, 0.5) is 4.39 Å². The van der Waals surface area contributed by atoms with Crippen molar-refractivity contribution in [2.75, 3.05) is 0 Å². The van der Waals surface area contributed by atoms with Gasteiger partial charge in [-0.25, -0.2) is 22.6 Å². The van der Waals surface area contributed by atoms with Crippen LogP contribution in [-0.4, -0.2) is 24.1 Å². The number of amides is 1. The van der Waals surface area contributed by atoms with Gasteiger partial charge in [0.1, 0.15) is 11.5 Å². The summed E-state index contributed by atoms with van der Waals surface area (Å²) in [4.78, 5) is 12.4. The molecule has 0 fully saturated rings. The minimum Gasteiger partial charge on any atom is -0.345 e. The van der Waals surface area contributed by atoms with Gasteiger partial charge in [-0.3, -0.25) is 4.79 Å². The van der Waals surface area contributed by atoms with Gasteiger partial charge in [0.2, 0.25) is 10.0 Å². The Morgan fingerprint density at radius 3 is 2.48 bits per heavy atom. The summed E-state index contributed by atoms with van der Waals surface area (Å²) in [6.07, 6.45) is 2.78. The van der Waals surface area contributed by atoms with E-state index in [4.69, 9.17) is 5.14 Å². The van der Waals surface area contributed by atoms with Gasteiger partial charge in [-0.1, -0.05) is 24.3 Å². The number of primary sulfonamides is 1. The van der Waals surface area contributed by atoms with Gasteiger partial charge < -0.3 is 5.32 Å². The zero-order valence-electron chi connectivity index (χ0n) is 14.3. The molecule has 0 bridgehead atoms. The fourth-order valence-corrected chi connectivity index (χ4v) is 3.03. The van der Waals surface area contributed by atoms with Crippen LogP contribution in [0.15, 0.2) is 65.8 Å². The fraction of sp³-hybridized carbons (Fsp3) is 0.111. The molecule has 0 spiro atoms. The fourth-order valence-electron chi connectivity index (χ4n) is 2.52. The molecule has 1 heterocycles. The van der Waals surface area contributed by atoms with Crippen molar-refractivity contribution in [1.82, 2.24) is 15.1 Å². The first-order chi connectivity index (χ1) is 12.8. The molecule has 27 heavy (non-hydrogen) atoms. The Kier molecular flexibility index (Phi) is 5.06. The Morgan fingerprint density at radius 1 is 1.19 bits per heavy atom. The van der Waals surface area contributed by atoms with E-state index < -0.39 is 15.8 Å². The number of nitrogens with zero attached hydrogens (tertiary/aromatic N) is 2. The minimum absolute atomic E-state index is 0.00376. The molecule has 0 saturated heterocycles. The van der Waals surface area contributed by atoms with Gasteiger partial charge in [0.15, 0.2) is 0 Å². The Bertz CT molecular complexity index is 1080. The summed E-state index contributed by atoms with van der Waals surface area (Å²) in [6, 6.07) is 11.6. The number of hydrogen-bond donors (Lipinski definition) is 2. The number of para-hydroxylation sites is 1. The molecule has 0 aliphatic rings. The van der Waals surface area contributed by atoms with Crippen LogP contribution in [0.5, 0.6) is 0 Å². The number of hydrogen-bond acceptors (Lipinski definition) is 4. The third kappa shape index (κ3) is 4.21. The van der Waals surface area contributed by atoms with Gasteiger partial charge in [0.05, 0.1) is 22.7 Å². The lowest BCUT2D eigenvalue weighted by atomic mass is 10.1. The van der Waals surface area contributed by atoms with Crippen LogP contribution in [0.25, 0.3) is 5.69 Å². The highest BCUT2D eigenvalue weighted by Gasteiger charge is 2.15. The Hall–Kier alpha value is -3.04. The van der Waals surface area contributed by atoms with Crippen LogP contribution in [0.3, 0.4) is 0 Å². The van der Waals surface area contributed by atoms with E-state index >= 15 is 0 Å². The average Bonchev–Trinajstić information content (AvgIpc) is 3.11. The van der Waals surface area contributed by atoms with E-state index in [0.717, 1.165) is 0 Å². The molecule has 0 aliphatic heterocycles. The normalized spacial score (nSPS) is 12.6. The van der Waals surface area contributed by atoms with E-state index in [1.807, 2.05) is 0 Å². The summed E-state index contributed by atoms with van der Waals surface area (Å²) in [5.41, 5.74) is 1.21. The lowest BCUT2D eigenvalue weighted by molar-refractivity contribution is 0.0940. The number of nitrogens with two attached hydrogens (primary N) is 1. The summed E-state index contributed by atoms with van der Waals surface area (Å²) in [5.74, 6) is -0.837. The Labute approximate surface area is 155 Å². The molecule has 0 unspecified atom stereocenters. The smallest absolute Gasteiger partial charge is 0.254 e. The molecule has 1 atom stereocenters. The third-order valence-corrected chi connectivity index (χ3v) is 4.93. The highest BCUT2D eigenvalue weighted by molar-refractivity contribution is 7.89. The molecule has 1 amide bonds. The van der Waals surface area contributed by atoms with Crippen molar-refractivity contribution in [2.45, 2.75) is 17.9 Å². The van der Waals surface area contributed by atoms with Gasteiger partial charge in [-0.15, -0.1) is 0 Å². The van der Waals surface area contributed by atoms with E-state index in [1.54, 1.807) is 37.3 Å². The summed E-state index contributed by atoms with van der Waals surface area (Å²) >= 11 is 0. The average molecular weight is 388 g/mol. The van der Waals surface area contributed by atoms with Crippen molar-refractivity contribution in [2.24, 2.45) is 5.14 Å². The molecule has 3 aromatic rings. The minimum atomic E-state index is -3.77. The van der Waals surface area contributed by atoms with Crippen LogP contribution in [-0.2, 0) is 10.0 Å². The summed E-state index contributed by atoms with van der Waals surface area (Å²) in [6.45, 7) is 1.76. The predicted molar refractivity (Wildman–Crippen MR) is 97.2 cm³/mol. The van der Waals surface area contributed by atoms with Gasteiger partial charge in [-0.05, 0) is 36.8 Å². The number of benzene rings is 2. The van der Waals surface area contributed by atoms with Crippen LogP contribution < -0.4 is 10.5 Å². The highest BCUT2D eigenvalue weighted by Crippen LogP contribution is 2.17. The third-order valence-electron chi connectivity index (χ3n) is 4.00. The van der Waals surface area contributed by atoms with Gasteiger partial charge >= 0.3 is 0 Å². The number of carbonyl (C=O) groups excluding carboxylic acids is 1. The second-order valence-corrected chi connectivity index (χ2v) is 7.50. The summed E-state index contributed by atoms with van der Waals surface area (Å²) in [5, 5.41) is 11.9. The van der Waals surface area contributed by atoms with Crippen molar-refractivity contribution >= 4 is 15.9 Å². The molecule has 0 aliphatic carbocycles. The number of halogens is 1. The van der Waals surface area contributed by atoms with Crippen molar-refractivity contribution in [3.05, 3.63) is 77.9 Å². The van der Waals surface area contributed by atoms with Gasteiger partial charge in [-0.2, -0.15) is 5.10 Å². The number of sulfonamides is 1. The van der Waals surface area contributed by atoms with Gasteiger partial charge in [0.25, 0.3) is 5.91 Å². The molecule has 3 N–H and O–H groups in total. The van der Waals surface area contributed by atoms with E-state index in [9.17, 15) is 17.6 Å². The maximum Gasteiger partial charge on any atom is 0.254 e. The number of aromatic nitrogens is 2. The molecule has 0 saturated carbocycles. The zero-order chi connectivity index (χ0) is 19.6. The summed E-state index contributed by atoms with van der Waals surface area (Å²) in [7, 11) is -3.77. The molecule has 1 aromatic heterocycles. The van der Waals surface area contributed by atoms with Crippen LogP contribution in [0.1, 0.15) is 28.9 Å². The van der Waals surface area contributed by atoms with Crippen molar-refractivity contribution in [3.63, 3.8) is 0 Å². The molecule has 3 rings (SSSR count). The largest absolute Gasteiger partial charge is 0.345 e. The molecule has 140 valence electrons. The van der Waals surface area contributed by atoms with Crippen molar-refractivity contribution < 1.29 is 17.6 Å². The monoisotopic (exact) mass is 388 g/mol. The maximum atomic E-state index is 13.8. The van der Waals surface area contributed by atoms with E-state index in [1.165, 1.54) is 35.3 Å². The topological polar surface area (TPSA) is 107 Å². The lowest BCUT2D eigenvalue weighted by Crippen LogP contribution is -2.26. The first-order valence-corrected chi connectivity index (χ1v) is 9.53. The molecular weight excluding hydrogens is 371 g/mol. The number of rotatable bonds is 5. The second-order valence-electron chi connectivity index (χ2n) is 5.93. The van der Waals surface area contributed by atoms with Crippen molar-refractivity contribution in [3.8, 4) is 5.69 Å². The SMILES string of the molecule is C[C@H](NC(=O)c1cnn(-c2ccccc2F)c1)c1ccc(S(N)(=O)=O)cc1.